The van der Waals surface area contributed by atoms with E-state index in [0.717, 1.165) is 0 Å². The quantitative estimate of drug-likeness (QED) is 0.796. The number of ether oxygens (including phenoxy) is 1. The van der Waals surface area contributed by atoms with Crippen LogP contribution in [-0.2, 0) is 4.74 Å². The molecule has 8 nitrogen and oxygen atoms in total. The van der Waals surface area contributed by atoms with Crippen molar-refractivity contribution >= 4 is 52.3 Å². The van der Waals surface area contributed by atoms with Crippen molar-refractivity contribution < 1.29 is 9.53 Å². The van der Waals surface area contributed by atoms with Crippen molar-refractivity contribution in [3.8, 4) is 0 Å². The van der Waals surface area contributed by atoms with Crippen molar-refractivity contribution in [3.05, 3.63) is 34.6 Å². The molecule has 1 amide bonds. The number of nitrogens with two attached hydrogens (primary N) is 1. The lowest BCUT2D eigenvalue weighted by Crippen LogP contribution is -2.49. The Kier molecular flexibility index (Phi) is 6.08. The normalized spacial score (nSPS) is 14.2. The molecule has 1 saturated heterocycles. The second-order valence-corrected chi connectivity index (χ2v) is 6.73. The Morgan fingerprint density at radius 1 is 1.26 bits per heavy atom. The van der Waals surface area contributed by atoms with Crippen LogP contribution in [0.3, 0.4) is 0 Å². The van der Waals surface area contributed by atoms with Gasteiger partial charge in [0.15, 0.2) is 11.6 Å². The molecule has 144 valence electrons. The number of nitrogen functional groups attached to an aromatic ring is 1. The summed E-state index contributed by atoms with van der Waals surface area (Å²) in [7, 11) is 0. The first-order chi connectivity index (χ1) is 13.0. The summed E-state index contributed by atoms with van der Waals surface area (Å²) in [5.74, 6) is 1.07. The number of rotatable bonds is 4. The number of piperazine rings is 1. The van der Waals surface area contributed by atoms with Crippen molar-refractivity contribution in [2.24, 2.45) is 0 Å². The number of nitrogens with zero attached hydrogens (tertiary/aromatic N) is 4. The predicted octanol–water partition coefficient (Wildman–Crippen LogP) is 3.39. The molecule has 10 heteroatoms. The first-order valence-electron chi connectivity index (χ1n) is 8.48. The van der Waals surface area contributed by atoms with Crippen LogP contribution in [0.15, 0.2) is 24.5 Å². The average molecular weight is 411 g/mol. The maximum Gasteiger partial charge on any atom is 0.409 e. The van der Waals surface area contributed by atoms with E-state index < -0.39 is 0 Å². The zero-order chi connectivity index (χ0) is 19.4. The minimum Gasteiger partial charge on any atom is -0.450 e. The molecular weight excluding hydrogens is 391 g/mol. The van der Waals surface area contributed by atoms with E-state index in [1.807, 2.05) is 4.90 Å². The molecule has 2 aromatic rings. The molecule has 0 unspecified atom stereocenters. The molecule has 0 atom stereocenters. The van der Waals surface area contributed by atoms with Gasteiger partial charge < -0.3 is 25.6 Å². The van der Waals surface area contributed by atoms with Crippen LogP contribution in [0.5, 0.6) is 0 Å². The third-order valence-corrected chi connectivity index (χ3v) is 4.70. The Morgan fingerprint density at radius 2 is 2.00 bits per heavy atom. The van der Waals surface area contributed by atoms with Gasteiger partial charge in [-0.1, -0.05) is 23.2 Å². The number of carbonyl (C=O) groups excluding carboxylic acids is 1. The monoisotopic (exact) mass is 410 g/mol. The van der Waals surface area contributed by atoms with Gasteiger partial charge in [0.05, 0.1) is 17.3 Å². The van der Waals surface area contributed by atoms with Crippen LogP contribution in [0.25, 0.3) is 0 Å². The lowest BCUT2D eigenvalue weighted by Gasteiger charge is -2.35. The highest BCUT2D eigenvalue weighted by molar-refractivity contribution is 6.36. The van der Waals surface area contributed by atoms with E-state index in [0.29, 0.717) is 65.8 Å². The molecular formula is C17H20Cl2N6O2. The van der Waals surface area contributed by atoms with E-state index in [2.05, 4.69) is 15.3 Å². The van der Waals surface area contributed by atoms with Crippen LogP contribution in [-0.4, -0.2) is 53.7 Å². The van der Waals surface area contributed by atoms with Crippen molar-refractivity contribution in [2.75, 3.05) is 48.7 Å². The summed E-state index contributed by atoms with van der Waals surface area (Å²) >= 11 is 12.1. The zero-order valence-corrected chi connectivity index (χ0v) is 16.3. The van der Waals surface area contributed by atoms with Crippen LogP contribution in [0.4, 0.5) is 27.8 Å². The van der Waals surface area contributed by atoms with Gasteiger partial charge >= 0.3 is 6.09 Å². The van der Waals surface area contributed by atoms with Crippen LogP contribution in [0, 0.1) is 0 Å². The van der Waals surface area contributed by atoms with E-state index >= 15 is 0 Å². The van der Waals surface area contributed by atoms with Gasteiger partial charge in [0.25, 0.3) is 0 Å². The highest BCUT2D eigenvalue weighted by atomic mass is 35.5. The number of benzene rings is 1. The minimum absolute atomic E-state index is 0.299. The molecule has 27 heavy (non-hydrogen) atoms. The SMILES string of the molecule is CCOC(=O)N1CCN(c2ncnc(Nc3ccc(Cl)cc3Cl)c2N)CC1. The number of nitrogens with one attached hydrogen (secondary N) is 1. The minimum atomic E-state index is -0.299. The van der Waals surface area contributed by atoms with Gasteiger partial charge in [-0.15, -0.1) is 0 Å². The van der Waals surface area contributed by atoms with E-state index in [4.69, 9.17) is 33.7 Å². The molecule has 3 rings (SSSR count). The maximum absolute atomic E-state index is 11.8. The summed E-state index contributed by atoms with van der Waals surface area (Å²) in [5, 5.41) is 4.12. The number of carbonyl (C=O) groups is 1. The molecule has 1 aromatic heterocycles. The van der Waals surface area contributed by atoms with Gasteiger partial charge in [0, 0.05) is 31.2 Å². The Labute approximate surface area is 167 Å². The fourth-order valence-corrected chi connectivity index (χ4v) is 3.23. The van der Waals surface area contributed by atoms with Crippen LogP contribution in [0.1, 0.15) is 6.92 Å². The molecule has 0 aliphatic carbocycles. The molecule has 0 spiro atoms. The molecule has 1 aromatic carbocycles. The summed E-state index contributed by atoms with van der Waals surface area (Å²) in [5.41, 5.74) is 7.33. The molecule has 2 heterocycles. The van der Waals surface area contributed by atoms with E-state index in [1.54, 1.807) is 30.0 Å². The second kappa shape index (κ2) is 8.49. The van der Waals surface area contributed by atoms with E-state index in [-0.39, 0.29) is 6.09 Å². The van der Waals surface area contributed by atoms with Crippen molar-refractivity contribution in [2.45, 2.75) is 6.92 Å². The standard InChI is InChI=1S/C17H20Cl2N6O2/c1-2-27-17(26)25-7-5-24(6-8-25)16-14(20)15(21-10-22-16)23-13-4-3-11(18)9-12(13)19/h3-4,9-10H,2,5-8,20H2,1H3,(H,21,22,23). The molecule has 1 aliphatic rings. The van der Waals surface area contributed by atoms with Crippen molar-refractivity contribution in [3.63, 3.8) is 0 Å². The molecule has 0 radical (unpaired) electrons. The number of halogens is 2. The number of amides is 1. The summed E-state index contributed by atoms with van der Waals surface area (Å²) < 4.78 is 5.04. The second-order valence-electron chi connectivity index (χ2n) is 5.88. The van der Waals surface area contributed by atoms with Gasteiger partial charge in [0.1, 0.15) is 12.0 Å². The summed E-state index contributed by atoms with van der Waals surface area (Å²) in [6.07, 6.45) is 1.14. The molecule has 1 fully saturated rings. The fourth-order valence-electron chi connectivity index (χ4n) is 2.77. The van der Waals surface area contributed by atoms with Gasteiger partial charge in [-0.05, 0) is 25.1 Å². The van der Waals surface area contributed by atoms with E-state index in [1.165, 1.54) is 6.33 Å². The molecule has 1 aliphatic heterocycles. The lowest BCUT2D eigenvalue weighted by atomic mass is 10.3. The first-order valence-corrected chi connectivity index (χ1v) is 9.24. The van der Waals surface area contributed by atoms with Crippen LogP contribution >= 0.6 is 23.2 Å². The highest BCUT2D eigenvalue weighted by Crippen LogP contribution is 2.32. The largest absolute Gasteiger partial charge is 0.450 e. The molecule has 0 bridgehead atoms. The number of anilines is 4. The Bertz CT molecular complexity index is 827. The Balaban J connectivity index is 1.73. The molecule has 0 saturated carbocycles. The Hall–Kier alpha value is -2.45. The fraction of sp³-hybridized carbons (Fsp3) is 0.353. The zero-order valence-electron chi connectivity index (χ0n) is 14.8. The smallest absolute Gasteiger partial charge is 0.409 e. The number of hydrogen-bond donors (Lipinski definition) is 2. The summed E-state index contributed by atoms with van der Waals surface area (Å²) in [6, 6.07) is 5.12. The molecule has 3 N–H and O–H groups in total. The Morgan fingerprint density at radius 3 is 2.67 bits per heavy atom. The van der Waals surface area contributed by atoms with Gasteiger partial charge in [0.2, 0.25) is 0 Å². The summed E-state index contributed by atoms with van der Waals surface area (Å²) in [6.45, 7) is 4.42. The maximum atomic E-state index is 11.8. The van der Waals surface area contributed by atoms with Crippen molar-refractivity contribution in [1.29, 1.82) is 0 Å². The third kappa shape index (κ3) is 4.45. The van der Waals surface area contributed by atoms with Crippen LogP contribution < -0.4 is 16.0 Å². The van der Waals surface area contributed by atoms with Crippen molar-refractivity contribution in [1.82, 2.24) is 14.9 Å². The third-order valence-electron chi connectivity index (χ3n) is 4.15. The predicted molar refractivity (Wildman–Crippen MR) is 107 cm³/mol. The van der Waals surface area contributed by atoms with Gasteiger partial charge in [-0.25, -0.2) is 14.8 Å². The number of aromatic nitrogens is 2. The summed E-state index contributed by atoms with van der Waals surface area (Å²) in [4.78, 5) is 24.0. The van der Waals surface area contributed by atoms with Crippen LogP contribution in [0.2, 0.25) is 10.0 Å². The first kappa shape index (κ1) is 19.3. The topological polar surface area (TPSA) is 96.6 Å². The number of hydrogen-bond acceptors (Lipinski definition) is 7. The highest BCUT2D eigenvalue weighted by Gasteiger charge is 2.24. The lowest BCUT2D eigenvalue weighted by molar-refractivity contribution is 0.105. The van der Waals surface area contributed by atoms with E-state index in [9.17, 15) is 4.79 Å². The average Bonchev–Trinajstić information content (AvgIpc) is 2.66. The van der Waals surface area contributed by atoms with Gasteiger partial charge in [-0.3, -0.25) is 0 Å². The van der Waals surface area contributed by atoms with Gasteiger partial charge in [-0.2, -0.15) is 0 Å².